The average Bonchev–Trinajstić information content (AvgIpc) is 2.16. The molecule has 0 aromatic heterocycles. The van der Waals surface area contributed by atoms with Crippen LogP contribution in [0.15, 0.2) is 0 Å². The summed E-state index contributed by atoms with van der Waals surface area (Å²) in [5, 5.41) is 0. The molecule has 2 atom stereocenters. The highest BCUT2D eigenvalue weighted by Crippen LogP contribution is 2.29. The van der Waals surface area contributed by atoms with Crippen molar-refractivity contribution < 1.29 is 8.78 Å². The van der Waals surface area contributed by atoms with Gasteiger partial charge in [-0.2, -0.15) is 0 Å². The lowest BCUT2D eigenvalue weighted by atomic mass is 9.88. The zero-order chi connectivity index (χ0) is 10.7. The van der Waals surface area contributed by atoms with E-state index in [1.165, 1.54) is 0 Å². The molecular formula is C11H21F2N. The van der Waals surface area contributed by atoms with E-state index in [0.717, 1.165) is 19.4 Å². The van der Waals surface area contributed by atoms with Crippen LogP contribution in [-0.2, 0) is 0 Å². The summed E-state index contributed by atoms with van der Waals surface area (Å²) in [6.45, 7) is 6.94. The second-order valence-corrected chi connectivity index (χ2v) is 4.53. The lowest BCUT2D eigenvalue weighted by Gasteiger charge is -2.41. The number of alkyl halides is 2. The van der Waals surface area contributed by atoms with Crippen LogP contribution in [-0.4, -0.2) is 30.0 Å². The lowest BCUT2D eigenvalue weighted by molar-refractivity contribution is -0.0262. The van der Waals surface area contributed by atoms with Gasteiger partial charge in [-0.25, -0.2) is 8.78 Å². The van der Waals surface area contributed by atoms with Crippen LogP contribution >= 0.6 is 0 Å². The highest BCUT2D eigenvalue weighted by atomic mass is 19.3. The molecule has 0 radical (unpaired) electrons. The van der Waals surface area contributed by atoms with Gasteiger partial charge in [-0.1, -0.05) is 13.3 Å². The Labute approximate surface area is 85.5 Å². The maximum absolute atomic E-state index is 12.8. The van der Waals surface area contributed by atoms with Gasteiger partial charge in [0.2, 0.25) is 0 Å². The van der Waals surface area contributed by atoms with Crippen LogP contribution in [0.4, 0.5) is 8.78 Å². The third-order valence-corrected chi connectivity index (χ3v) is 3.33. The van der Waals surface area contributed by atoms with Crippen LogP contribution in [0.5, 0.6) is 0 Å². The van der Waals surface area contributed by atoms with Crippen molar-refractivity contribution in [2.45, 2.75) is 58.5 Å². The highest BCUT2D eigenvalue weighted by Gasteiger charge is 2.34. The first-order valence-corrected chi connectivity index (χ1v) is 5.60. The first-order valence-electron chi connectivity index (χ1n) is 5.60. The Bertz CT molecular complexity index is 171. The number of piperidine rings is 1. The molecule has 3 heteroatoms. The van der Waals surface area contributed by atoms with E-state index in [-0.39, 0.29) is 6.04 Å². The topological polar surface area (TPSA) is 3.24 Å². The number of likely N-dealkylation sites (tertiary alicyclic amines) is 1. The minimum Gasteiger partial charge on any atom is -0.293 e. The summed E-state index contributed by atoms with van der Waals surface area (Å²) in [6, 6.07) is -0.263. The molecule has 1 saturated heterocycles. The minimum absolute atomic E-state index is 0.242. The van der Waals surface area contributed by atoms with Gasteiger partial charge in [0, 0.05) is 6.04 Å². The Morgan fingerprint density at radius 1 is 1.36 bits per heavy atom. The van der Waals surface area contributed by atoms with E-state index >= 15 is 0 Å². The van der Waals surface area contributed by atoms with Crippen LogP contribution in [0.25, 0.3) is 0 Å². The molecule has 0 saturated carbocycles. The van der Waals surface area contributed by atoms with Gasteiger partial charge in [0.1, 0.15) is 0 Å². The molecule has 0 spiro atoms. The first kappa shape index (κ1) is 11.9. The van der Waals surface area contributed by atoms with Crippen molar-refractivity contribution in [2.75, 3.05) is 6.54 Å². The summed E-state index contributed by atoms with van der Waals surface area (Å²) in [5.74, 6) is 0.504. The number of hydrogen-bond acceptors (Lipinski definition) is 1. The molecule has 1 aliphatic rings. The van der Waals surface area contributed by atoms with Crippen molar-refractivity contribution in [2.24, 2.45) is 5.92 Å². The number of halogens is 2. The molecule has 2 unspecified atom stereocenters. The molecule has 1 nitrogen and oxygen atoms in total. The van der Waals surface area contributed by atoms with E-state index in [0.29, 0.717) is 12.3 Å². The molecule has 1 rings (SSSR count). The van der Waals surface area contributed by atoms with E-state index in [1.807, 2.05) is 18.7 Å². The van der Waals surface area contributed by atoms with E-state index in [4.69, 9.17) is 0 Å². The van der Waals surface area contributed by atoms with Gasteiger partial charge in [-0.05, 0) is 39.2 Å². The molecule has 84 valence electrons. The second kappa shape index (κ2) is 5.06. The van der Waals surface area contributed by atoms with Crippen LogP contribution in [0.3, 0.4) is 0 Å². The largest absolute Gasteiger partial charge is 0.293 e. The molecule has 1 heterocycles. The molecule has 0 aromatic rings. The molecular weight excluding hydrogens is 184 g/mol. The van der Waals surface area contributed by atoms with E-state index in [9.17, 15) is 8.78 Å². The third kappa shape index (κ3) is 2.66. The Balaban J connectivity index is 2.60. The van der Waals surface area contributed by atoms with Crippen LogP contribution in [0.2, 0.25) is 0 Å². The van der Waals surface area contributed by atoms with Crippen molar-refractivity contribution in [3.63, 3.8) is 0 Å². The van der Waals surface area contributed by atoms with Gasteiger partial charge in [0.05, 0.1) is 6.04 Å². The van der Waals surface area contributed by atoms with Crippen molar-refractivity contribution in [3.8, 4) is 0 Å². The third-order valence-electron chi connectivity index (χ3n) is 3.33. The summed E-state index contributed by atoms with van der Waals surface area (Å²) in [7, 11) is 0. The van der Waals surface area contributed by atoms with Gasteiger partial charge in [-0.15, -0.1) is 0 Å². The van der Waals surface area contributed by atoms with Crippen molar-refractivity contribution >= 4 is 0 Å². The van der Waals surface area contributed by atoms with Gasteiger partial charge < -0.3 is 0 Å². The molecule has 1 fully saturated rings. The molecule has 1 aliphatic heterocycles. The second-order valence-electron chi connectivity index (χ2n) is 4.53. The van der Waals surface area contributed by atoms with Crippen molar-refractivity contribution in [1.82, 2.24) is 4.90 Å². The first-order chi connectivity index (χ1) is 6.56. The lowest BCUT2D eigenvalue weighted by Crippen LogP contribution is -2.49. The van der Waals surface area contributed by atoms with Gasteiger partial charge in [-0.3, -0.25) is 4.90 Å². The molecule has 14 heavy (non-hydrogen) atoms. The van der Waals surface area contributed by atoms with Crippen LogP contribution < -0.4 is 0 Å². The Morgan fingerprint density at radius 3 is 2.43 bits per heavy atom. The van der Waals surface area contributed by atoms with E-state index in [2.05, 4.69) is 6.92 Å². The van der Waals surface area contributed by atoms with Crippen LogP contribution in [0, 0.1) is 5.92 Å². The highest BCUT2D eigenvalue weighted by molar-refractivity contribution is 4.84. The van der Waals surface area contributed by atoms with Gasteiger partial charge in [0.25, 0.3) is 6.43 Å². The molecule has 0 aliphatic carbocycles. The standard InChI is InChI=1S/C11H21F2N/c1-4-9-5-6-14(8(2)3)10(7-9)11(12)13/h8-11H,4-7H2,1-3H3. The Kier molecular flexibility index (Phi) is 4.30. The molecule has 0 aromatic carbocycles. The minimum atomic E-state index is -2.19. The summed E-state index contributed by atoms with van der Waals surface area (Å²) in [4.78, 5) is 1.96. The van der Waals surface area contributed by atoms with E-state index < -0.39 is 12.5 Å². The molecule has 0 bridgehead atoms. The Morgan fingerprint density at radius 2 is 2.00 bits per heavy atom. The fraction of sp³-hybridized carbons (Fsp3) is 1.00. The predicted molar refractivity (Wildman–Crippen MR) is 54.6 cm³/mol. The van der Waals surface area contributed by atoms with Gasteiger partial charge >= 0.3 is 0 Å². The summed E-state index contributed by atoms with van der Waals surface area (Å²) >= 11 is 0. The van der Waals surface area contributed by atoms with E-state index in [1.54, 1.807) is 0 Å². The zero-order valence-electron chi connectivity index (χ0n) is 9.34. The van der Waals surface area contributed by atoms with Crippen molar-refractivity contribution in [1.29, 1.82) is 0 Å². The molecule has 0 N–H and O–H groups in total. The number of nitrogens with zero attached hydrogens (tertiary/aromatic N) is 1. The van der Waals surface area contributed by atoms with Crippen LogP contribution in [0.1, 0.15) is 40.0 Å². The predicted octanol–water partition coefficient (Wildman–Crippen LogP) is 3.15. The SMILES string of the molecule is CCC1CCN(C(C)C)C(C(F)F)C1. The fourth-order valence-corrected chi connectivity index (χ4v) is 2.35. The summed E-state index contributed by atoms with van der Waals surface area (Å²) < 4.78 is 25.6. The van der Waals surface area contributed by atoms with Crippen molar-refractivity contribution in [3.05, 3.63) is 0 Å². The number of hydrogen-bond donors (Lipinski definition) is 0. The maximum atomic E-state index is 12.8. The molecule has 0 amide bonds. The summed E-state index contributed by atoms with van der Waals surface area (Å²) in [5.41, 5.74) is 0. The zero-order valence-corrected chi connectivity index (χ0v) is 9.34. The number of rotatable bonds is 3. The monoisotopic (exact) mass is 205 g/mol. The van der Waals surface area contributed by atoms with Gasteiger partial charge in [0.15, 0.2) is 0 Å². The maximum Gasteiger partial charge on any atom is 0.253 e. The quantitative estimate of drug-likeness (QED) is 0.684. The Hall–Kier alpha value is -0.180. The average molecular weight is 205 g/mol. The smallest absolute Gasteiger partial charge is 0.253 e. The fourth-order valence-electron chi connectivity index (χ4n) is 2.35. The normalized spacial score (nSPS) is 30.2. The summed E-state index contributed by atoms with van der Waals surface area (Å²) in [6.07, 6.45) is 0.603.